The Labute approximate surface area is 104 Å². The fraction of sp³-hybridized carbons (Fsp3) is 0.250. The molecule has 1 heterocycles. The molecule has 0 radical (unpaired) electrons. The maximum atomic E-state index is 13.4. The van der Waals surface area contributed by atoms with Crippen LogP contribution in [-0.2, 0) is 0 Å². The lowest BCUT2D eigenvalue weighted by molar-refractivity contribution is 0.607. The molecular weight excluding hydrogens is 241 g/mol. The Balaban J connectivity index is 2.50. The SMILES string of the molecule is CC(C)n1cnc(-c2ccc(Cl)c(F)c2)c1N. The van der Waals surface area contributed by atoms with E-state index in [0.29, 0.717) is 17.1 Å². The minimum atomic E-state index is -0.470. The summed E-state index contributed by atoms with van der Waals surface area (Å²) in [5.41, 5.74) is 7.18. The van der Waals surface area contributed by atoms with Gasteiger partial charge in [-0.1, -0.05) is 17.7 Å². The fourth-order valence-corrected chi connectivity index (χ4v) is 1.77. The number of rotatable bonds is 2. The molecule has 5 heteroatoms. The molecule has 0 aliphatic heterocycles. The van der Waals surface area contributed by atoms with E-state index in [-0.39, 0.29) is 11.1 Å². The van der Waals surface area contributed by atoms with Crippen molar-refractivity contribution in [1.82, 2.24) is 9.55 Å². The van der Waals surface area contributed by atoms with E-state index < -0.39 is 5.82 Å². The molecule has 90 valence electrons. The molecule has 1 aromatic carbocycles. The Morgan fingerprint density at radius 1 is 1.41 bits per heavy atom. The van der Waals surface area contributed by atoms with Crippen LogP contribution in [0.3, 0.4) is 0 Å². The number of anilines is 1. The lowest BCUT2D eigenvalue weighted by Crippen LogP contribution is -2.04. The molecule has 0 atom stereocenters. The molecule has 0 saturated heterocycles. The smallest absolute Gasteiger partial charge is 0.142 e. The number of nitrogens with zero attached hydrogens (tertiary/aromatic N) is 2. The monoisotopic (exact) mass is 253 g/mol. The first kappa shape index (κ1) is 11.9. The lowest BCUT2D eigenvalue weighted by atomic mass is 10.1. The highest BCUT2D eigenvalue weighted by Crippen LogP contribution is 2.28. The second-order valence-corrected chi connectivity index (χ2v) is 4.52. The first-order chi connectivity index (χ1) is 8.00. The van der Waals surface area contributed by atoms with Crippen molar-refractivity contribution in [1.29, 1.82) is 0 Å². The average Bonchev–Trinajstić information content (AvgIpc) is 2.64. The van der Waals surface area contributed by atoms with Gasteiger partial charge in [-0.15, -0.1) is 0 Å². The fourth-order valence-electron chi connectivity index (χ4n) is 1.65. The molecule has 2 N–H and O–H groups in total. The summed E-state index contributed by atoms with van der Waals surface area (Å²) in [6, 6.07) is 4.76. The second kappa shape index (κ2) is 4.37. The van der Waals surface area contributed by atoms with Gasteiger partial charge in [0.1, 0.15) is 17.3 Å². The van der Waals surface area contributed by atoms with Gasteiger partial charge in [0.05, 0.1) is 11.3 Å². The highest BCUT2D eigenvalue weighted by atomic mass is 35.5. The summed E-state index contributed by atoms with van der Waals surface area (Å²) in [5, 5.41) is 0.0932. The van der Waals surface area contributed by atoms with Gasteiger partial charge in [0.15, 0.2) is 0 Å². The molecule has 0 bridgehead atoms. The van der Waals surface area contributed by atoms with Crippen molar-refractivity contribution in [3.63, 3.8) is 0 Å². The predicted molar refractivity (Wildman–Crippen MR) is 67.4 cm³/mol. The van der Waals surface area contributed by atoms with Gasteiger partial charge in [0.2, 0.25) is 0 Å². The van der Waals surface area contributed by atoms with Crippen molar-refractivity contribution in [3.8, 4) is 11.3 Å². The number of halogens is 2. The first-order valence-corrected chi connectivity index (χ1v) is 5.66. The predicted octanol–water partition coefficient (Wildman–Crippen LogP) is 3.51. The zero-order valence-electron chi connectivity index (χ0n) is 9.61. The minimum absolute atomic E-state index is 0.0932. The standard InChI is InChI=1S/C12H13ClFN3/c1-7(2)17-6-16-11(12(17)15)8-3-4-9(13)10(14)5-8/h3-7H,15H2,1-2H3. The van der Waals surface area contributed by atoms with Crippen LogP contribution in [0.15, 0.2) is 24.5 Å². The number of nitrogen functional groups attached to an aromatic ring is 1. The van der Waals surface area contributed by atoms with E-state index >= 15 is 0 Å². The molecule has 17 heavy (non-hydrogen) atoms. The molecule has 0 fully saturated rings. The van der Waals surface area contributed by atoms with Crippen molar-refractivity contribution in [2.24, 2.45) is 0 Å². The van der Waals surface area contributed by atoms with E-state index in [9.17, 15) is 4.39 Å². The summed E-state index contributed by atoms with van der Waals surface area (Å²) >= 11 is 5.63. The van der Waals surface area contributed by atoms with Gasteiger partial charge in [-0.3, -0.25) is 0 Å². The van der Waals surface area contributed by atoms with Gasteiger partial charge in [-0.05, 0) is 26.0 Å². The Morgan fingerprint density at radius 3 is 2.65 bits per heavy atom. The van der Waals surface area contributed by atoms with Gasteiger partial charge in [-0.2, -0.15) is 0 Å². The molecular formula is C12H13ClFN3. The third-order valence-electron chi connectivity index (χ3n) is 2.58. The summed E-state index contributed by atoms with van der Waals surface area (Å²) in [6.07, 6.45) is 1.65. The minimum Gasteiger partial charge on any atom is -0.383 e. The molecule has 2 aromatic rings. The highest BCUT2D eigenvalue weighted by molar-refractivity contribution is 6.30. The Hall–Kier alpha value is -1.55. The maximum absolute atomic E-state index is 13.4. The van der Waals surface area contributed by atoms with Crippen LogP contribution in [0.5, 0.6) is 0 Å². The van der Waals surface area contributed by atoms with E-state index in [1.54, 1.807) is 12.4 Å². The van der Waals surface area contributed by atoms with E-state index in [1.807, 2.05) is 18.4 Å². The average molecular weight is 254 g/mol. The zero-order valence-corrected chi connectivity index (χ0v) is 10.4. The van der Waals surface area contributed by atoms with Crippen LogP contribution in [0.1, 0.15) is 19.9 Å². The number of benzene rings is 1. The van der Waals surface area contributed by atoms with E-state index in [0.717, 1.165) is 0 Å². The zero-order chi connectivity index (χ0) is 12.6. The van der Waals surface area contributed by atoms with Gasteiger partial charge in [0.25, 0.3) is 0 Å². The lowest BCUT2D eigenvalue weighted by Gasteiger charge is -2.09. The summed E-state index contributed by atoms with van der Waals surface area (Å²) in [7, 11) is 0. The van der Waals surface area contributed by atoms with Gasteiger partial charge < -0.3 is 10.3 Å². The molecule has 0 amide bonds. The molecule has 0 unspecified atom stereocenters. The molecule has 0 aliphatic rings. The quantitative estimate of drug-likeness (QED) is 0.890. The molecule has 3 nitrogen and oxygen atoms in total. The van der Waals surface area contributed by atoms with Gasteiger partial charge >= 0.3 is 0 Å². The van der Waals surface area contributed by atoms with Crippen LogP contribution < -0.4 is 5.73 Å². The van der Waals surface area contributed by atoms with Crippen LogP contribution >= 0.6 is 11.6 Å². The Bertz CT molecular complexity index is 549. The Morgan fingerprint density at radius 2 is 2.12 bits per heavy atom. The Kier molecular flexibility index (Phi) is 3.07. The summed E-state index contributed by atoms with van der Waals surface area (Å²) in [6.45, 7) is 4.01. The first-order valence-electron chi connectivity index (χ1n) is 5.28. The topological polar surface area (TPSA) is 43.8 Å². The van der Waals surface area contributed by atoms with E-state index in [4.69, 9.17) is 17.3 Å². The molecule has 1 aromatic heterocycles. The van der Waals surface area contributed by atoms with Gasteiger partial charge in [0, 0.05) is 11.6 Å². The van der Waals surface area contributed by atoms with Crippen LogP contribution in [0.25, 0.3) is 11.3 Å². The van der Waals surface area contributed by atoms with Crippen molar-refractivity contribution >= 4 is 17.4 Å². The number of hydrogen-bond acceptors (Lipinski definition) is 2. The molecule has 0 aliphatic carbocycles. The van der Waals surface area contributed by atoms with Crippen LogP contribution in [0.2, 0.25) is 5.02 Å². The maximum Gasteiger partial charge on any atom is 0.142 e. The van der Waals surface area contributed by atoms with E-state index in [2.05, 4.69) is 4.98 Å². The van der Waals surface area contributed by atoms with Crippen molar-refractivity contribution in [2.45, 2.75) is 19.9 Å². The number of imidazole rings is 1. The number of nitrogens with two attached hydrogens (primary N) is 1. The summed E-state index contributed by atoms with van der Waals surface area (Å²) < 4.78 is 15.2. The normalized spacial score (nSPS) is 11.1. The van der Waals surface area contributed by atoms with Crippen LogP contribution in [0, 0.1) is 5.82 Å². The highest BCUT2D eigenvalue weighted by Gasteiger charge is 2.13. The summed E-state index contributed by atoms with van der Waals surface area (Å²) in [5.74, 6) is 0.0596. The van der Waals surface area contributed by atoms with Crippen LogP contribution in [0.4, 0.5) is 10.2 Å². The van der Waals surface area contributed by atoms with Gasteiger partial charge in [-0.25, -0.2) is 9.37 Å². The van der Waals surface area contributed by atoms with Crippen molar-refractivity contribution in [2.75, 3.05) is 5.73 Å². The van der Waals surface area contributed by atoms with Crippen molar-refractivity contribution < 1.29 is 4.39 Å². The largest absolute Gasteiger partial charge is 0.383 e. The molecule has 0 spiro atoms. The molecule has 0 saturated carbocycles. The molecule has 2 rings (SSSR count). The van der Waals surface area contributed by atoms with Crippen LogP contribution in [-0.4, -0.2) is 9.55 Å². The number of hydrogen-bond donors (Lipinski definition) is 1. The third-order valence-corrected chi connectivity index (χ3v) is 2.89. The third kappa shape index (κ3) is 2.13. The van der Waals surface area contributed by atoms with Crippen molar-refractivity contribution in [3.05, 3.63) is 35.4 Å². The number of aromatic nitrogens is 2. The van der Waals surface area contributed by atoms with E-state index in [1.165, 1.54) is 12.1 Å². The second-order valence-electron chi connectivity index (χ2n) is 4.11. The summed E-state index contributed by atoms with van der Waals surface area (Å²) in [4.78, 5) is 4.21.